The molecule has 0 radical (unpaired) electrons. The second kappa shape index (κ2) is 7.63. The summed E-state index contributed by atoms with van der Waals surface area (Å²) in [5, 5.41) is 4.71. The first-order chi connectivity index (χ1) is 11.6. The standard InChI is InChI=1S/C17H27N5OS/c1-4-21-16(15-6-5-11-23-15)18-22(17(21)24)13-20-9-7-19(8-10-20)12-14(2)3/h5-6,11,14H,4,7-10,12-13H2,1-3H3. The van der Waals surface area contributed by atoms with Gasteiger partial charge < -0.3 is 9.32 Å². The van der Waals surface area contributed by atoms with Gasteiger partial charge in [0.1, 0.15) is 0 Å². The lowest BCUT2D eigenvalue weighted by atomic mass is 10.2. The van der Waals surface area contributed by atoms with Crippen molar-refractivity contribution in [2.24, 2.45) is 5.92 Å². The summed E-state index contributed by atoms with van der Waals surface area (Å²) in [4.78, 5) is 4.96. The molecule has 0 N–H and O–H groups in total. The first kappa shape index (κ1) is 17.4. The Labute approximate surface area is 148 Å². The second-order valence-electron chi connectivity index (χ2n) is 6.78. The van der Waals surface area contributed by atoms with Crippen molar-refractivity contribution in [3.05, 3.63) is 23.2 Å². The largest absolute Gasteiger partial charge is 0.461 e. The van der Waals surface area contributed by atoms with Crippen molar-refractivity contribution in [1.82, 2.24) is 24.1 Å². The van der Waals surface area contributed by atoms with Gasteiger partial charge in [-0.2, -0.15) is 0 Å². The number of furan rings is 1. The van der Waals surface area contributed by atoms with Crippen molar-refractivity contribution in [3.8, 4) is 11.6 Å². The molecule has 0 spiro atoms. The summed E-state index contributed by atoms with van der Waals surface area (Å²) in [5.41, 5.74) is 0. The molecule has 2 aromatic heterocycles. The van der Waals surface area contributed by atoms with Crippen LogP contribution in [0.1, 0.15) is 20.8 Å². The Hall–Kier alpha value is -1.44. The smallest absolute Gasteiger partial charge is 0.199 e. The Bertz CT molecular complexity index is 695. The predicted molar refractivity (Wildman–Crippen MR) is 97.3 cm³/mol. The van der Waals surface area contributed by atoms with Gasteiger partial charge in [-0.05, 0) is 37.2 Å². The third-order valence-corrected chi connectivity index (χ3v) is 4.83. The molecule has 0 aromatic carbocycles. The van der Waals surface area contributed by atoms with E-state index < -0.39 is 0 Å². The Kier molecular flexibility index (Phi) is 5.53. The normalized spacial score (nSPS) is 17.0. The minimum atomic E-state index is 0.723. The van der Waals surface area contributed by atoms with Gasteiger partial charge in [0.2, 0.25) is 0 Å². The first-order valence-electron chi connectivity index (χ1n) is 8.74. The Morgan fingerprint density at radius 1 is 1.21 bits per heavy atom. The topological polar surface area (TPSA) is 42.4 Å². The zero-order valence-corrected chi connectivity index (χ0v) is 15.6. The molecule has 1 aliphatic heterocycles. The van der Waals surface area contributed by atoms with Crippen LogP contribution in [0.2, 0.25) is 0 Å². The fraction of sp³-hybridized carbons (Fsp3) is 0.647. The highest BCUT2D eigenvalue weighted by Crippen LogP contribution is 2.19. The lowest BCUT2D eigenvalue weighted by Gasteiger charge is -2.35. The minimum absolute atomic E-state index is 0.723. The number of aromatic nitrogens is 3. The molecule has 6 nitrogen and oxygen atoms in total. The predicted octanol–water partition coefficient (Wildman–Crippen LogP) is 2.93. The van der Waals surface area contributed by atoms with Crippen LogP contribution in [0.15, 0.2) is 22.8 Å². The molecule has 0 unspecified atom stereocenters. The summed E-state index contributed by atoms with van der Waals surface area (Å²) < 4.78 is 10.2. The Morgan fingerprint density at radius 2 is 1.92 bits per heavy atom. The van der Waals surface area contributed by atoms with Crippen LogP contribution in [0.4, 0.5) is 0 Å². The molecule has 7 heteroatoms. The summed E-state index contributed by atoms with van der Waals surface area (Å²) in [6, 6.07) is 3.81. The van der Waals surface area contributed by atoms with Gasteiger partial charge in [0.25, 0.3) is 0 Å². The van der Waals surface area contributed by atoms with Gasteiger partial charge in [0, 0.05) is 39.3 Å². The fourth-order valence-corrected chi connectivity index (χ4v) is 3.54. The molecule has 2 aromatic rings. The van der Waals surface area contributed by atoms with E-state index in [1.54, 1.807) is 6.26 Å². The van der Waals surface area contributed by atoms with E-state index in [1.165, 1.54) is 6.54 Å². The van der Waals surface area contributed by atoms with Crippen LogP contribution in [0.3, 0.4) is 0 Å². The Morgan fingerprint density at radius 3 is 2.50 bits per heavy atom. The summed E-state index contributed by atoms with van der Waals surface area (Å²) >= 11 is 5.62. The highest BCUT2D eigenvalue weighted by atomic mass is 32.1. The maximum absolute atomic E-state index is 5.62. The second-order valence-corrected chi connectivity index (χ2v) is 7.15. The highest BCUT2D eigenvalue weighted by molar-refractivity contribution is 7.71. The summed E-state index contributed by atoms with van der Waals surface area (Å²) in [6.45, 7) is 13.7. The van der Waals surface area contributed by atoms with E-state index >= 15 is 0 Å². The molecule has 0 amide bonds. The Balaban J connectivity index is 1.69. The van der Waals surface area contributed by atoms with Crippen molar-refractivity contribution >= 4 is 12.2 Å². The number of hydrogen-bond acceptors (Lipinski definition) is 5. The third-order valence-electron chi connectivity index (χ3n) is 4.40. The highest BCUT2D eigenvalue weighted by Gasteiger charge is 2.20. The number of piperazine rings is 1. The van der Waals surface area contributed by atoms with Gasteiger partial charge in [-0.1, -0.05) is 13.8 Å². The van der Waals surface area contributed by atoms with Crippen molar-refractivity contribution in [1.29, 1.82) is 0 Å². The van der Waals surface area contributed by atoms with Crippen molar-refractivity contribution < 1.29 is 4.42 Å². The van der Waals surface area contributed by atoms with E-state index in [0.29, 0.717) is 0 Å². The molecule has 1 saturated heterocycles. The van der Waals surface area contributed by atoms with E-state index in [-0.39, 0.29) is 0 Å². The van der Waals surface area contributed by atoms with E-state index in [2.05, 4.69) is 30.6 Å². The molecule has 1 fully saturated rings. The van der Waals surface area contributed by atoms with Crippen LogP contribution >= 0.6 is 12.2 Å². The van der Waals surface area contributed by atoms with E-state index in [9.17, 15) is 0 Å². The SMILES string of the molecule is CCn1c(-c2ccco2)nn(CN2CCN(CC(C)C)CC2)c1=S. The van der Waals surface area contributed by atoms with Crippen molar-refractivity contribution in [3.63, 3.8) is 0 Å². The minimum Gasteiger partial charge on any atom is -0.461 e. The molecular weight excluding hydrogens is 322 g/mol. The van der Waals surface area contributed by atoms with Crippen LogP contribution in [0, 0.1) is 10.7 Å². The van der Waals surface area contributed by atoms with Crippen molar-refractivity contribution in [2.45, 2.75) is 34.0 Å². The van der Waals surface area contributed by atoms with E-state index in [1.807, 2.05) is 21.4 Å². The van der Waals surface area contributed by atoms with Gasteiger partial charge in [0.15, 0.2) is 16.4 Å². The van der Waals surface area contributed by atoms with Gasteiger partial charge in [0.05, 0.1) is 12.9 Å². The number of hydrogen-bond donors (Lipinski definition) is 0. The molecule has 132 valence electrons. The fourth-order valence-electron chi connectivity index (χ4n) is 3.23. The zero-order valence-electron chi connectivity index (χ0n) is 14.8. The number of nitrogens with zero attached hydrogens (tertiary/aromatic N) is 5. The van der Waals surface area contributed by atoms with Gasteiger partial charge >= 0.3 is 0 Å². The maximum atomic E-state index is 5.62. The number of rotatable bonds is 6. The molecule has 1 aliphatic rings. The maximum Gasteiger partial charge on any atom is 0.199 e. The summed E-state index contributed by atoms with van der Waals surface area (Å²) in [5.74, 6) is 2.30. The molecule has 0 bridgehead atoms. The average Bonchev–Trinajstić information content (AvgIpc) is 3.17. The van der Waals surface area contributed by atoms with Crippen LogP contribution in [-0.4, -0.2) is 56.9 Å². The zero-order chi connectivity index (χ0) is 17.1. The van der Waals surface area contributed by atoms with Crippen LogP contribution < -0.4 is 0 Å². The van der Waals surface area contributed by atoms with Gasteiger partial charge in [-0.25, -0.2) is 4.68 Å². The monoisotopic (exact) mass is 349 g/mol. The molecule has 3 rings (SSSR count). The third kappa shape index (κ3) is 3.79. The summed E-state index contributed by atoms with van der Waals surface area (Å²) in [7, 11) is 0. The average molecular weight is 350 g/mol. The van der Waals surface area contributed by atoms with E-state index in [0.717, 1.165) is 61.7 Å². The van der Waals surface area contributed by atoms with Crippen LogP contribution in [0.25, 0.3) is 11.6 Å². The summed E-state index contributed by atoms with van der Waals surface area (Å²) in [6.07, 6.45) is 1.67. The molecule has 0 aliphatic carbocycles. The lowest BCUT2D eigenvalue weighted by Crippen LogP contribution is -2.47. The first-order valence-corrected chi connectivity index (χ1v) is 9.15. The quantitative estimate of drug-likeness (QED) is 0.750. The van der Waals surface area contributed by atoms with Crippen molar-refractivity contribution in [2.75, 3.05) is 32.7 Å². The molecule has 24 heavy (non-hydrogen) atoms. The lowest BCUT2D eigenvalue weighted by molar-refractivity contribution is 0.0950. The van der Waals surface area contributed by atoms with Gasteiger partial charge in [-0.3, -0.25) is 9.47 Å². The molecule has 3 heterocycles. The van der Waals surface area contributed by atoms with Gasteiger partial charge in [-0.15, -0.1) is 5.10 Å². The molecule has 0 saturated carbocycles. The van der Waals surface area contributed by atoms with Crippen LogP contribution in [-0.2, 0) is 13.2 Å². The molecular formula is C17H27N5OS. The molecule has 0 atom stereocenters. The van der Waals surface area contributed by atoms with Crippen LogP contribution in [0.5, 0.6) is 0 Å². The van der Waals surface area contributed by atoms with E-state index in [4.69, 9.17) is 21.7 Å².